The van der Waals surface area contributed by atoms with E-state index in [2.05, 4.69) is 24.5 Å². The van der Waals surface area contributed by atoms with E-state index in [1.807, 2.05) is 0 Å². The fourth-order valence-corrected chi connectivity index (χ4v) is 2.23. The van der Waals surface area contributed by atoms with Crippen LogP contribution in [0.3, 0.4) is 0 Å². The van der Waals surface area contributed by atoms with Crippen LogP contribution in [-0.2, 0) is 11.2 Å². The molecule has 3 heteroatoms. The Morgan fingerprint density at radius 1 is 1.53 bits per heavy atom. The van der Waals surface area contributed by atoms with Gasteiger partial charge in [0.15, 0.2) is 0 Å². The first-order chi connectivity index (χ1) is 7.09. The molecule has 0 atom stereocenters. The van der Waals surface area contributed by atoms with Crippen molar-refractivity contribution in [3.05, 3.63) is 23.0 Å². The van der Waals surface area contributed by atoms with E-state index < -0.39 is 5.97 Å². The molecule has 0 aliphatic heterocycles. The Labute approximate surface area is 89.7 Å². The fraction of sp³-hybridized carbons (Fsp3) is 0.583. The molecule has 1 N–H and O–H groups in total. The molecular weight excluding hydrogens is 190 g/mol. The van der Waals surface area contributed by atoms with Gasteiger partial charge in [0.1, 0.15) is 0 Å². The maximum absolute atomic E-state index is 10.5. The van der Waals surface area contributed by atoms with Crippen LogP contribution < -0.4 is 0 Å². The van der Waals surface area contributed by atoms with Gasteiger partial charge < -0.3 is 9.67 Å². The summed E-state index contributed by atoms with van der Waals surface area (Å²) in [6.07, 6.45) is 3.43. The van der Waals surface area contributed by atoms with Crippen molar-refractivity contribution < 1.29 is 9.90 Å². The molecule has 0 spiro atoms. The lowest BCUT2D eigenvalue weighted by molar-refractivity contribution is -0.136. The Hall–Kier alpha value is -1.25. The topological polar surface area (TPSA) is 42.2 Å². The molecule has 0 amide bonds. The summed E-state index contributed by atoms with van der Waals surface area (Å²) in [5.74, 6) is -0.716. The van der Waals surface area contributed by atoms with Gasteiger partial charge in [-0.25, -0.2) is 0 Å². The van der Waals surface area contributed by atoms with Crippen LogP contribution in [0, 0.1) is 13.8 Å². The SMILES string of the molecule is Cc1cc(CCC(=O)O)c(C)n1C1CC1. The number of hydrogen-bond acceptors (Lipinski definition) is 1. The molecule has 2 rings (SSSR count). The van der Waals surface area contributed by atoms with Gasteiger partial charge in [-0.05, 0) is 44.7 Å². The molecule has 0 unspecified atom stereocenters. The zero-order valence-corrected chi connectivity index (χ0v) is 9.29. The van der Waals surface area contributed by atoms with E-state index in [0.717, 1.165) is 0 Å². The largest absolute Gasteiger partial charge is 0.481 e. The predicted octanol–water partition coefficient (Wildman–Crippen LogP) is 2.46. The highest BCUT2D eigenvalue weighted by molar-refractivity contribution is 5.67. The van der Waals surface area contributed by atoms with Gasteiger partial charge in [0.2, 0.25) is 0 Å². The van der Waals surface area contributed by atoms with E-state index in [1.165, 1.54) is 29.8 Å². The van der Waals surface area contributed by atoms with Crippen molar-refractivity contribution in [2.75, 3.05) is 0 Å². The van der Waals surface area contributed by atoms with Gasteiger partial charge in [-0.3, -0.25) is 4.79 Å². The summed E-state index contributed by atoms with van der Waals surface area (Å²) < 4.78 is 2.36. The minimum Gasteiger partial charge on any atom is -0.481 e. The van der Waals surface area contributed by atoms with Gasteiger partial charge in [-0.1, -0.05) is 0 Å². The number of aryl methyl sites for hydroxylation is 2. The van der Waals surface area contributed by atoms with Crippen molar-refractivity contribution in [1.29, 1.82) is 0 Å². The van der Waals surface area contributed by atoms with Crippen molar-refractivity contribution in [3.8, 4) is 0 Å². The Morgan fingerprint density at radius 3 is 2.73 bits per heavy atom. The zero-order chi connectivity index (χ0) is 11.0. The second kappa shape index (κ2) is 3.72. The summed E-state index contributed by atoms with van der Waals surface area (Å²) >= 11 is 0. The Kier molecular flexibility index (Phi) is 2.55. The lowest BCUT2D eigenvalue weighted by Crippen LogP contribution is -2.01. The molecule has 1 aromatic heterocycles. The van der Waals surface area contributed by atoms with Gasteiger partial charge >= 0.3 is 5.97 Å². The van der Waals surface area contributed by atoms with Crippen LogP contribution in [0.15, 0.2) is 6.07 Å². The van der Waals surface area contributed by atoms with E-state index in [1.54, 1.807) is 0 Å². The number of carbonyl (C=O) groups is 1. The molecule has 0 aromatic carbocycles. The second-order valence-corrected chi connectivity index (χ2v) is 4.39. The molecule has 0 saturated heterocycles. The number of aromatic nitrogens is 1. The summed E-state index contributed by atoms with van der Waals surface area (Å²) in [5, 5.41) is 8.66. The minimum atomic E-state index is -0.716. The maximum Gasteiger partial charge on any atom is 0.303 e. The third-order valence-corrected chi connectivity index (χ3v) is 3.11. The number of rotatable bonds is 4. The first-order valence-corrected chi connectivity index (χ1v) is 5.48. The van der Waals surface area contributed by atoms with E-state index in [-0.39, 0.29) is 6.42 Å². The molecule has 82 valence electrons. The summed E-state index contributed by atoms with van der Waals surface area (Å²) in [5.41, 5.74) is 3.73. The van der Waals surface area contributed by atoms with E-state index >= 15 is 0 Å². The lowest BCUT2D eigenvalue weighted by atomic mass is 10.1. The first kappa shape index (κ1) is 10.3. The van der Waals surface area contributed by atoms with Crippen LogP contribution in [0.5, 0.6) is 0 Å². The summed E-state index contributed by atoms with van der Waals surface area (Å²) in [6.45, 7) is 4.21. The first-order valence-electron chi connectivity index (χ1n) is 5.48. The molecule has 1 aliphatic rings. The normalized spacial score (nSPS) is 15.6. The average Bonchev–Trinajstić information content (AvgIpc) is 2.92. The molecule has 3 nitrogen and oxygen atoms in total. The number of hydrogen-bond donors (Lipinski definition) is 1. The molecule has 0 radical (unpaired) electrons. The van der Waals surface area contributed by atoms with Crippen LogP contribution in [0.4, 0.5) is 0 Å². The van der Waals surface area contributed by atoms with Crippen LogP contribution in [-0.4, -0.2) is 15.6 Å². The number of aliphatic carboxylic acids is 1. The standard InChI is InChI=1S/C12H17NO2/c1-8-7-10(3-6-12(14)15)9(2)13(8)11-4-5-11/h7,11H,3-6H2,1-2H3,(H,14,15). The van der Waals surface area contributed by atoms with Crippen molar-refractivity contribution in [2.45, 2.75) is 45.6 Å². The Morgan fingerprint density at radius 2 is 2.20 bits per heavy atom. The van der Waals surface area contributed by atoms with Crippen molar-refractivity contribution in [1.82, 2.24) is 4.57 Å². The number of carboxylic acids is 1. The number of nitrogens with zero attached hydrogens (tertiary/aromatic N) is 1. The van der Waals surface area contributed by atoms with Gasteiger partial charge in [-0.15, -0.1) is 0 Å². The van der Waals surface area contributed by atoms with Crippen LogP contribution in [0.1, 0.15) is 42.3 Å². The van der Waals surface area contributed by atoms with Crippen molar-refractivity contribution >= 4 is 5.97 Å². The highest BCUT2D eigenvalue weighted by Gasteiger charge is 2.26. The molecular formula is C12H17NO2. The second-order valence-electron chi connectivity index (χ2n) is 4.39. The van der Waals surface area contributed by atoms with E-state index in [4.69, 9.17) is 5.11 Å². The number of carboxylic acid groups (broad SMARTS) is 1. The third kappa shape index (κ3) is 2.06. The van der Waals surface area contributed by atoms with Gasteiger partial charge in [0.05, 0.1) is 0 Å². The van der Waals surface area contributed by atoms with Crippen molar-refractivity contribution in [3.63, 3.8) is 0 Å². The molecule has 1 heterocycles. The molecule has 0 bridgehead atoms. The molecule has 15 heavy (non-hydrogen) atoms. The van der Waals surface area contributed by atoms with Gasteiger partial charge in [-0.2, -0.15) is 0 Å². The summed E-state index contributed by atoms with van der Waals surface area (Å²) in [6, 6.07) is 2.82. The lowest BCUT2D eigenvalue weighted by Gasteiger charge is -2.07. The quantitative estimate of drug-likeness (QED) is 0.824. The predicted molar refractivity (Wildman–Crippen MR) is 58.1 cm³/mol. The molecule has 1 saturated carbocycles. The maximum atomic E-state index is 10.5. The highest BCUT2D eigenvalue weighted by Crippen LogP contribution is 2.38. The zero-order valence-electron chi connectivity index (χ0n) is 9.29. The fourth-order valence-electron chi connectivity index (χ4n) is 2.23. The van der Waals surface area contributed by atoms with Crippen LogP contribution >= 0.6 is 0 Å². The molecule has 1 fully saturated rings. The molecule has 1 aliphatic carbocycles. The third-order valence-electron chi connectivity index (χ3n) is 3.11. The van der Waals surface area contributed by atoms with Gasteiger partial charge in [0.25, 0.3) is 0 Å². The average molecular weight is 207 g/mol. The van der Waals surface area contributed by atoms with Gasteiger partial charge in [0, 0.05) is 23.9 Å². The Bertz CT molecular complexity index is 389. The minimum absolute atomic E-state index is 0.231. The van der Waals surface area contributed by atoms with E-state index in [0.29, 0.717) is 12.5 Å². The smallest absolute Gasteiger partial charge is 0.303 e. The van der Waals surface area contributed by atoms with Crippen LogP contribution in [0.2, 0.25) is 0 Å². The molecule has 1 aromatic rings. The van der Waals surface area contributed by atoms with Crippen LogP contribution in [0.25, 0.3) is 0 Å². The van der Waals surface area contributed by atoms with Crippen molar-refractivity contribution in [2.24, 2.45) is 0 Å². The monoisotopic (exact) mass is 207 g/mol. The van der Waals surface area contributed by atoms with E-state index in [9.17, 15) is 4.79 Å². The highest BCUT2D eigenvalue weighted by atomic mass is 16.4. The summed E-state index contributed by atoms with van der Waals surface area (Å²) in [4.78, 5) is 10.5. The Balaban J connectivity index is 2.17. The summed E-state index contributed by atoms with van der Waals surface area (Å²) in [7, 11) is 0.